The molecule has 1 aliphatic rings. The molecule has 0 spiro atoms. The van der Waals surface area contributed by atoms with Gasteiger partial charge in [0, 0.05) is 0 Å². The molecule has 36 heavy (non-hydrogen) atoms. The van der Waals surface area contributed by atoms with E-state index < -0.39 is 0 Å². The fourth-order valence-electron chi connectivity index (χ4n) is 3.49. The molecule has 1 amide bonds. The van der Waals surface area contributed by atoms with Gasteiger partial charge in [0.25, 0.3) is 5.91 Å². The zero-order valence-electron chi connectivity index (χ0n) is 19.5. The molecular formula is C27H21BrN2O4S2. The minimum Gasteiger partial charge on any atom is -0.494 e. The van der Waals surface area contributed by atoms with Crippen LogP contribution in [0.3, 0.4) is 0 Å². The predicted molar refractivity (Wildman–Crippen MR) is 149 cm³/mol. The minimum atomic E-state index is -0.189. The third-order valence-corrected chi connectivity index (χ3v) is 7.11. The fourth-order valence-corrected chi connectivity index (χ4v) is 5.37. The number of hydrogen-bond acceptors (Lipinski definition) is 7. The summed E-state index contributed by atoms with van der Waals surface area (Å²) >= 11 is 10.3. The number of thiocarbonyl (C=S) groups is 1. The number of hydrogen-bond donors (Lipinski definition) is 0. The molecule has 6 nitrogen and oxygen atoms in total. The third-order valence-electron chi connectivity index (χ3n) is 5.22. The first kappa shape index (κ1) is 25.8. The fraction of sp³-hybridized carbons (Fsp3) is 0.148. The number of rotatable bonds is 8. The van der Waals surface area contributed by atoms with Gasteiger partial charge in [0.15, 0.2) is 15.8 Å². The molecule has 0 saturated carbocycles. The minimum absolute atomic E-state index is 0.189. The van der Waals surface area contributed by atoms with Crippen LogP contribution >= 0.6 is 39.9 Å². The summed E-state index contributed by atoms with van der Waals surface area (Å²) in [5.41, 5.74) is 2.96. The van der Waals surface area contributed by atoms with Crippen molar-refractivity contribution in [2.75, 3.05) is 18.6 Å². The number of anilines is 1. The van der Waals surface area contributed by atoms with E-state index in [2.05, 4.69) is 22.0 Å². The summed E-state index contributed by atoms with van der Waals surface area (Å²) in [5, 5.41) is 8.95. The SMILES string of the molecule is CCOc1ccc(N2C(=O)/C(=C\c3cc(Br)c(OCc4ccc(C#N)cc4)c(OC)c3)SC2=S)cc1. The van der Waals surface area contributed by atoms with Gasteiger partial charge in [-0.2, -0.15) is 5.26 Å². The van der Waals surface area contributed by atoms with Crippen LogP contribution in [-0.2, 0) is 11.4 Å². The summed E-state index contributed by atoms with van der Waals surface area (Å²) in [5.74, 6) is 1.61. The Morgan fingerprint density at radius 2 is 1.83 bits per heavy atom. The third kappa shape index (κ3) is 5.73. The van der Waals surface area contributed by atoms with Crippen molar-refractivity contribution in [1.29, 1.82) is 5.26 Å². The van der Waals surface area contributed by atoms with E-state index in [1.807, 2.05) is 55.5 Å². The number of nitrogens with zero attached hydrogens (tertiary/aromatic N) is 2. The molecule has 182 valence electrons. The zero-order chi connectivity index (χ0) is 25.7. The van der Waals surface area contributed by atoms with Crippen molar-refractivity contribution in [2.45, 2.75) is 13.5 Å². The van der Waals surface area contributed by atoms with Crippen molar-refractivity contribution in [3.8, 4) is 23.3 Å². The van der Waals surface area contributed by atoms with Crippen LogP contribution in [0.4, 0.5) is 5.69 Å². The van der Waals surface area contributed by atoms with Crippen LogP contribution in [0.15, 0.2) is 70.0 Å². The number of nitriles is 1. The maximum absolute atomic E-state index is 13.2. The maximum Gasteiger partial charge on any atom is 0.270 e. The van der Waals surface area contributed by atoms with Gasteiger partial charge in [-0.1, -0.05) is 36.1 Å². The number of methoxy groups -OCH3 is 1. The van der Waals surface area contributed by atoms with Gasteiger partial charge in [-0.05, 0) is 88.6 Å². The Morgan fingerprint density at radius 1 is 1.11 bits per heavy atom. The van der Waals surface area contributed by atoms with Crippen molar-refractivity contribution in [2.24, 2.45) is 0 Å². The quantitative estimate of drug-likeness (QED) is 0.216. The summed E-state index contributed by atoms with van der Waals surface area (Å²) in [6.45, 7) is 2.80. The highest BCUT2D eigenvalue weighted by atomic mass is 79.9. The van der Waals surface area contributed by atoms with Gasteiger partial charge >= 0.3 is 0 Å². The van der Waals surface area contributed by atoms with E-state index in [1.165, 1.54) is 16.7 Å². The largest absolute Gasteiger partial charge is 0.494 e. The summed E-state index contributed by atoms with van der Waals surface area (Å²) in [6.07, 6.45) is 1.78. The predicted octanol–water partition coefficient (Wildman–Crippen LogP) is 6.71. The summed E-state index contributed by atoms with van der Waals surface area (Å²) in [7, 11) is 1.56. The van der Waals surface area contributed by atoms with Crippen molar-refractivity contribution >= 4 is 61.9 Å². The molecule has 0 atom stereocenters. The molecular weight excluding hydrogens is 560 g/mol. The Hall–Kier alpha value is -3.32. The average Bonchev–Trinajstić information content (AvgIpc) is 3.16. The first-order chi connectivity index (χ1) is 17.4. The normalized spacial score (nSPS) is 14.2. The molecule has 9 heteroatoms. The van der Waals surface area contributed by atoms with Gasteiger partial charge in [0.2, 0.25) is 0 Å². The van der Waals surface area contributed by atoms with Crippen molar-refractivity contribution in [1.82, 2.24) is 0 Å². The van der Waals surface area contributed by atoms with Crippen LogP contribution in [0.1, 0.15) is 23.6 Å². The van der Waals surface area contributed by atoms with E-state index in [1.54, 1.807) is 25.3 Å². The van der Waals surface area contributed by atoms with Gasteiger partial charge < -0.3 is 14.2 Å². The molecule has 3 aromatic carbocycles. The molecule has 0 unspecified atom stereocenters. The van der Waals surface area contributed by atoms with Crippen molar-refractivity contribution in [3.05, 3.63) is 86.7 Å². The van der Waals surface area contributed by atoms with Crippen molar-refractivity contribution < 1.29 is 19.0 Å². The Bertz CT molecular complexity index is 1370. The molecule has 0 aromatic heterocycles. The Morgan fingerprint density at radius 3 is 2.47 bits per heavy atom. The lowest BCUT2D eigenvalue weighted by molar-refractivity contribution is -0.113. The van der Waals surface area contributed by atoms with Crippen LogP contribution in [-0.4, -0.2) is 23.9 Å². The number of thioether (sulfide) groups is 1. The molecule has 1 aliphatic heterocycles. The van der Waals surface area contributed by atoms with Crippen LogP contribution in [0.5, 0.6) is 17.2 Å². The summed E-state index contributed by atoms with van der Waals surface area (Å²) < 4.78 is 18.2. The number of amides is 1. The standard InChI is InChI=1S/C27H21BrN2O4S2/c1-3-33-21-10-8-20(9-11-21)30-26(31)24(36-27(30)35)14-19-12-22(28)25(23(13-19)32-2)34-16-18-6-4-17(15-29)5-7-18/h4-14H,3,16H2,1-2H3/b24-14+. The second-order valence-corrected chi connectivity index (χ2v) is 10.1. The second kappa shape index (κ2) is 11.6. The molecule has 1 fully saturated rings. The van der Waals surface area contributed by atoms with Gasteiger partial charge in [-0.3, -0.25) is 9.69 Å². The smallest absolute Gasteiger partial charge is 0.270 e. The molecule has 3 aromatic rings. The lowest BCUT2D eigenvalue weighted by atomic mass is 10.1. The highest BCUT2D eigenvalue weighted by Gasteiger charge is 2.33. The van der Waals surface area contributed by atoms with E-state index in [9.17, 15) is 4.79 Å². The van der Waals surface area contributed by atoms with Crippen LogP contribution in [0, 0.1) is 11.3 Å². The Balaban J connectivity index is 1.53. The van der Waals surface area contributed by atoms with E-state index in [0.29, 0.717) is 49.7 Å². The molecule has 4 rings (SSSR count). The summed E-state index contributed by atoms with van der Waals surface area (Å²) in [4.78, 5) is 15.2. The van der Waals surface area contributed by atoms with Crippen molar-refractivity contribution in [3.63, 3.8) is 0 Å². The van der Waals surface area contributed by atoms with Gasteiger partial charge in [0.05, 0.1) is 40.4 Å². The Kier molecular flexibility index (Phi) is 8.31. The van der Waals surface area contributed by atoms with E-state index in [0.717, 1.165) is 16.9 Å². The molecule has 1 saturated heterocycles. The first-order valence-corrected chi connectivity index (χ1v) is 13.0. The van der Waals surface area contributed by atoms with E-state index >= 15 is 0 Å². The number of carbonyl (C=O) groups excluding carboxylic acids is 1. The van der Waals surface area contributed by atoms with Crippen LogP contribution < -0.4 is 19.1 Å². The average molecular weight is 582 g/mol. The van der Waals surface area contributed by atoms with Gasteiger partial charge in [-0.15, -0.1) is 0 Å². The number of carbonyl (C=O) groups is 1. The molecule has 0 bridgehead atoms. The van der Waals surface area contributed by atoms with E-state index in [4.69, 9.17) is 31.7 Å². The van der Waals surface area contributed by atoms with Gasteiger partial charge in [-0.25, -0.2) is 0 Å². The lowest BCUT2D eigenvalue weighted by Crippen LogP contribution is -2.27. The summed E-state index contributed by atoms with van der Waals surface area (Å²) in [6, 6.07) is 20.2. The van der Waals surface area contributed by atoms with E-state index in [-0.39, 0.29) is 5.91 Å². The van der Waals surface area contributed by atoms with Gasteiger partial charge in [0.1, 0.15) is 12.4 Å². The molecule has 0 aliphatic carbocycles. The van der Waals surface area contributed by atoms with Crippen LogP contribution in [0.2, 0.25) is 0 Å². The number of ether oxygens (including phenoxy) is 3. The van der Waals surface area contributed by atoms with Crippen LogP contribution in [0.25, 0.3) is 6.08 Å². The maximum atomic E-state index is 13.2. The molecule has 1 heterocycles. The number of halogens is 1. The Labute approximate surface area is 227 Å². The second-order valence-electron chi connectivity index (χ2n) is 7.58. The molecule has 0 N–H and O–H groups in total. The topological polar surface area (TPSA) is 71.8 Å². The first-order valence-electron chi connectivity index (χ1n) is 10.9. The molecule has 0 radical (unpaired) electrons. The lowest BCUT2D eigenvalue weighted by Gasteiger charge is -2.15. The zero-order valence-corrected chi connectivity index (χ0v) is 22.7. The highest BCUT2D eigenvalue weighted by molar-refractivity contribution is 9.10. The monoisotopic (exact) mass is 580 g/mol. The number of benzene rings is 3. The highest BCUT2D eigenvalue weighted by Crippen LogP contribution is 2.40.